The molecule has 1 aromatic carbocycles. The highest BCUT2D eigenvalue weighted by molar-refractivity contribution is 5.15. The van der Waals surface area contributed by atoms with Gasteiger partial charge in [0.1, 0.15) is 18.5 Å². The lowest BCUT2D eigenvalue weighted by molar-refractivity contribution is 0.00851. The number of benzene rings is 1. The number of nitrogens with zero attached hydrogens (tertiary/aromatic N) is 3. The van der Waals surface area contributed by atoms with E-state index in [0.717, 1.165) is 31.2 Å². The summed E-state index contributed by atoms with van der Waals surface area (Å²) in [5, 5.41) is 14.8. The van der Waals surface area contributed by atoms with Gasteiger partial charge in [-0.2, -0.15) is 5.10 Å². The van der Waals surface area contributed by atoms with Crippen molar-refractivity contribution in [2.45, 2.75) is 58.6 Å². The third kappa shape index (κ3) is 5.13. The van der Waals surface area contributed by atoms with Gasteiger partial charge in [0.2, 0.25) is 0 Å². The first-order valence-corrected chi connectivity index (χ1v) is 8.14. The van der Waals surface area contributed by atoms with E-state index in [1.807, 2.05) is 32.9 Å². The van der Waals surface area contributed by atoms with Crippen LogP contribution in [0.15, 0.2) is 36.9 Å². The van der Waals surface area contributed by atoms with Crippen molar-refractivity contribution in [2.75, 3.05) is 0 Å². The summed E-state index contributed by atoms with van der Waals surface area (Å²) in [7, 11) is 0. The van der Waals surface area contributed by atoms with Crippen LogP contribution in [-0.4, -0.2) is 26.0 Å². The Kier molecular flexibility index (Phi) is 5.88. The molecule has 0 radical (unpaired) electrons. The predicted octanol–water partition coefficient (Wildman–Crippen LogP) is 3.78. The largest absolute Gasteiger partial charge is 0.390 e. The van der Waals surface area contributed by atoms with Crippen LogP contribution in [0.5, 0.6) is 0 Å². The van der Waals surface area contributed by atoms with E-state index in [9.17, 15) is 9.50 Å². The monoisotopic (exact) mass is 319 g/mol. The van der Waals surface area contributed by atoms with Crippen LogP contribution in [0.25, 0.3) is 0 Å². The van der Waals surface area contributed by atoms with Crippen LogP contribution >= 0.6 is 0 Å². The quantitative estimate of drug-likeness (QED) is 0.790. The Morgan fingerprint density at radius 1 is 1.17 bits per heavy atom. The molecule has 0 aliphatic rings. The van der Waals surface area contributed by atoms with E-state index in [1.54, 1.807) is 11.0 Å². The molecule has 0 bridgehead atoms. The Hall–Kier alpha value is -1.75. The number of hydrogen-bond donors (Lipinski definition) is 1. The van der Waals surface area contributed by atoms with Gasteiger partial charge in [-0.3, -0.25) is 0 Å². The summed E-state index contributed by atoms with van der Waals surface area (Å²) in [6, 6.07) is 6.57. The number of rotatable bonds is 7. The van der Waals surface area contributed by atoms with Gasteiger partial charge < -0.3 is 5.11 Å². The molecule has 2 atom stereocenters. The van der Waals surface area contributed by atoms with E-state index in [-0.39, 0.29) is 17.3 Å². The zero-order chi connectivity index (χ0) is 16.9. The molecule has 23 heavy (non-hydrogen) atoms. The van der Waals surface area contributed by atoms with Gasteiger partial charge in [-0.15, -0.1) is 0 Å². The van der Waals surface area contributed by atoms with E-state index in [0.29, 0.717) is 0 Å². The van der Waals surface area contributed by atoms with Gasteiger partial charge in [0.15, 0.2) is 0 Å². The van der Waals surface area contributed by atoms with Crippen molar-refractivity contribution < 1.29 is 9.50 Å². The van der Waals surface area contributed by atoms with Crippen LogP contribution < -0.4 is 0 Å². The minimum absolute atomic E-state index is 0.0780. The SMILES string of the molecule is CC(C)(C)C(O)C(CCCCc1ccc(F)cc1)n1cncn1. The highest BCUT2D eigenvalue weighted by atomic mass is 19.1. The number of aliphatic hydroxyl groups excluding tert-OH is 1. The average Bonchev–Trinajstić information content (AvgIpc) is 3.01. The van der Waals surface area contributed by atoms with Crippen molar-refractivity contribution in [3.05, 3.63) is 48.3 Å². The molecule has 2 rings (SSSR count). The average molecular weight is 319 g/mol. The van der Waals surface area contributed by atoms with Gasteiger partial charge >= 0.3 is 0 Å². The number of halogens is 1. The Balaban J connectivity index is 1.90. The smallest absolute Gasteiger partial charge is 0.137 e. The first-order chi connectivity index (χ1) is 10.9. The molecule has 4 nitrogen and oxygen atoms in total. The lowest BCUT2D eigenvalue weighted by Crippen LogP contribution is -2.35. The van der Waals surface area contributed by atoms with Crippen molar-refractivity contribution >= 4 is 0 Å². The van der Waals surface area contributed by atoms with Crippen LogP contribution in [-0.2, 0) is 6.42 Å². The maximum absolute atomic E-state index is 12.9. The zero-order valence-electron chi connectivity index (χ0n) is 14.1. The van der Waals surface area contributed by atoms with E-state index in [4.69, 9.17) is 0 Å². The standard InChI is InChI=1S/C18H26FN3O/c1-18(2,3)17(23)16(22-13-20-12-21-22)7-5-4-6-14-8-10-15(19)11-9-14/h8-13,16-17,23H,4-7H2,1-3H3. The molecule has 2 aromatic rings. The normalized spacial score (nSPS) is 14.7. The number of aliphatic hydroxyl groups is 1. The van der Waals surface area contributed by atoms with Crippen LogP contribution in [0.1, 0.15) is 51.6 Å². The number of hydrogen-bond acceptors (Lipinski definition) is 3. The highest BCUT2D eigenvalue weighted by Crippen LogP contribution is 2.31. The van der Waals surface area contributed by atoms with Crippen molar-refractivity contribution in [1.29, 1.82) is 0 Å². The lowest BCUT2D eigenvalue weighted by atomic mass is 9.83. The predicted molar refractivity (Wildman–Crippen MR) is 88.5 cm³/mol. The maximum atomic E-state index is 12.9. The van der Waals surface area contributed by atoms with Crippen LogP contribution in [0.4, 0.5) is 4.39 Å². The summed E-state index contributed by atoms with van der Waals surface area (Å²) >= 11 is 0. The van der Waals surface area contributed by atoms with Gasteiger partial charge in [-0.1, -0.05) is 39.3 Å². The minimum atomic E-state index is -0.491. The van der Waals surface area contributed by atoms with Crippen LogP contribution in [0, 0.1) is 11.2 Å². The maximum Gasteiger partial charge on any atom is 0.137 e. The minimum Gasteiger partial charge on any atom is -0.390 e. The molecule has 0 amide bonds. The van der Waals surface area contributed by atoms with Crippen LogP contribution in [0.3, 0.4) is 0 Å². The third-order valence-electron chi connectivity index (χ3n) is 4.16. The number of aryl methyl sites for hydroxylation is 1. The fourth-order valence-electron chi connectivity index (χ4n) is 2.73. The molecule has 2 unspecified atom stereocenters. The molecule has 0 saturated heterocycles. The molecule has 5 heteroatoms. The first kappa shape index (κ1) is 17.6. The molecule has 126 valence electrons. The molecule has 1 heterocycles. The second kappa shape index (κ2) is 7.68. The Labute approximate surface area is 137 Å². The molecular weight excluding hydrogens is 293 g/mol. The summed E-state index contributed by atoms with van der Waals surface area (Å²) < 4.78 is 14.7. The van der Waals surface area contributed by atoms with E-state index in [2.05, 4.69) is 10.1 Å². The molecular formula is C18H26FN3O. The van der Waals surface area contributed by atoms with Gasteiger partial charge in [0.25, 0.3) is 0 Å². The lowest BCUT2D eigenvalue weighted by Gasteiger charge is -2.33. The fourth-order valence-corrected chi connectivity index (χ4v) is 2.73. The van der Waals surface area contributed by atoms with Crippen molar-refractivity contribution in [3.8, 4) is 0 Å². The summed E-state index contributed by atoms with van der Waals surface area (Å²) in [6.45, 7) is 6.08. The molecule has 1 aromatic heterocycles. The zero-order valence-corrected chi connectivity index (χ0v) is 14.1. The van der Waals surface area contributed by atoms with E-state index >= 15 is 0 Å². The summed E-state index contributed by atoms with van der Waals surface area (Å²) in [4.78, 5) is 4.00. The van der Waals surface area contributed by atoms with Crippen molar-refractivity contribution in [1.82, 2.24) is 14.8 Å². The molecule has 0 fully saturated rings. The second-order valence-electron chi connectivity index (χ2n) is 7.13. The highest BCUT2D eigenvalue weighted by Gasteiger charge is 2.31. The summed E-state index contributed by atoms with van der Waals surface area (Å²) in [5.74, 6) is -0.201. The van der Waals surface area contributed by atoms with Gasteiger partial charge in [0, 0.05) is 0 Å². The Morgan fingerprint density at radius 2 is 1.87 bits per heavy atom. The summed E-state index contributed by atoms with van der Waals surface area (Å²) in [5.41, 5.74) is 0.924. The van der Waals surface area contributed by atoms with Crippen molar-refractivity contribution in [2.24, 2.45) is 5.41 Å². The Bertz CT molecular complexity index is 575. The van der Waals surface area contributed by atoms with Gasteiger partial charge in [-0.05, 0) is 42.4 Å². The summed E-state index contributed by atoms with van der Waals surface area (Å²) in [6.07, 6.45) is 6.39. The van der Waals surface area contributed by atoms with Crippen molar-refractivity contribution in [3.63, 3.8) is 0 Å². The molecule has 0 saturated carbocycles. The van der Waals surface area contributed by atoms with E-state index in [1.165, 1.54) is 18.5 Å². The number of aromatic nitrogens is 3. The Morgan fingerprint density at radius 3 is 2.43 bits per heavy atom. The van der Waals surface area contributed by atoms with E-state index < -0.39 is 6.10 Å². The molecule has 1 N–H and O–H groups in total. The molecule has 0 aliphatic heterocycles. The fraction of sp³-hybridized carbons (Fsp3) is 0.556. The van der Waals surface area contributed by atoms with Gasteiger partial charge in [0.05, 0.1) is 12.1 Å². The molecule has 0 aliphatic carbocycles. The number of unbranched alkanes of at least 4 members (excludes halogenated alkanes) is 1. The third-order valence-corrected chi connectivity index (χ3v) is 4.16. The molecule has 0 spiro atoms. The topological polar surface area (TPSA) is 50.9 Å². The van der Waals surface area contributed by atoms with Crippen LogP contribution in [0.2, 0.25) is 0 Å². The van der Waals surface area contributed by atoms with Gasteiger partial charge in [-0.25, -0.2) is 14.1 Å². The first-order valence-electron chi connectivity index (χ1n) is 8.14. The second-order valence-corrected chi connectivity index (χ2v) is 7.13.